The zero-order valence-corrected chi connectivity index (χ0v) is 18.5. The van der Waals surface area contributed by atoms with Gasteiger partial charge in [-0.2, -0.15) is 0 Å². The number of hydrogen-bond acceptors (Lipinski definition) is 6. The number of rotatable bonds is 8. The number of nitrogen functional groups attached to an aromatic ring is 1. The molecular formula is C28H24N4O2. The molecule has 0 saturated heterocycles. The van der Waals surface area contributed by atoms with Crippen molar-refractivity contribution in [2.75, 3.05) is 12.3 Å². The van der Waals surface area contributed by atoms with Crippen molar-refractivity contribution in [1.29, 1.82) is 0 Å². The molecule has 0 aliphatic rings. The molecule has 3 aromatic heterocycles. The molecule has 0 bridgehead atoms. The van der Waals surface area contributed by atoms with Crippen molar-refractivity contribution in [3.8, 4) is 17.2 Å². The predicted octanol–water partition coefficient (Wildman–Crippen LogP) is 5.52. The molecule has 6 heteroatoms. The van der Waals surface area contributed by atoms with Crippen LogP contribution in [0.1, 0.15) is 28.3 Å². The Hall–Kier alpha value is -4.45. The molecule has 0 aliphatic heterocycles. The molecule has 34 heavy (non-hydrogen) atoms. The Balaban J connectivity index is 1.25. The molecule has 2 aromatic carbocycles. The van der Waals surface area contributed by atoms with Crippen molar-refractivity contribution in [2.24, 2.45) is 0 Å². The average Bonchev–Trinajstić information content (AvgIpc) is 3.35. The third-order valence-electron chi connectivity index (χ3n) is 5.65. The number of hydrogen-bond donors (Lipinski definition) is 1. The maximum absolute atomic E-state index is 6.09. The number of pyridine rings is 2. The van der Waals surface area contributed by atoms with Crippen molar-refractivity contribution < 1.29 is 9.26 Å². The van der Waals surface area contributed by atoms with E-state index < -0.39 is 0 Å². The minimum absolute atomic E-state index is 0.123. The molecule has 0 radical (unpaired) electrons. The molecule has 0 saturated carbocycles. The first-order valence-electron chi connectivity index (χ1n) is 11.1. The van der Waals surface area contributed by atoms with E-state index in [9.17, 15) is 0 Å². The molecule has 0 atom stereocenters. The van der Waals surface area contributed by atoms with Crippen LogP contribution >= 0.6 is 0 Å². The molecular weight excluding hydrogens is 424 g/mol. The summed E-state index contributed by atoms with van der Waals surface area (Å²) in [6, 6.07) is 30.2. The van der Waals surface area contributed by atoms with E-state index in [1.807, 2.05) is 48.7 Å². The first kappa shape index (κ1) is 21.4. The molecule has 5 rings (SSSR count). The molecule has 5 aromatic rings. The van der Waals surface area contributed by atoms with E-state index in [4.69, 9.17) is 15.0 Å². The second-order valence-electron chi connectivity index (χ2n) is 7.99. The van der Waals surface area contributed by atoms with Crippen LogP contribution in [0.15, 0.2) is 108 Å². The smallest absolute Gasteiger partial charge is 0.213 e. The second kappa shape index (κ2) is 10.0. The van der Waals surface area contributed by atoms with Gasteiger partial charge in [-0.3, -0.25) is 0 Å². The molecule has 0 fully saturated rings. The Morgan fingerprint density at radius 3 is 2.21 bits per heavy atom. The third kappa shape index (κ3) is 4.96. The van der Waals surface area contributed by atoms with Gasteiger partial charge in [0.1, 0.15) is 12.4 Å². The van der Waals surface area contributed by atoms with Gasteiger partial charge in [-0.1, -0.05) is 71.9 Å². The molecule has 2 N–H and O–H groups in total. The number of nitrogens with two attached hydrogens (primary N) is 1. The Morgan fingerprint density at radius 1 is 0.824 bits per heavy atom. The van der Waals surface area contributed by atoms with Gasteiger partial charge in [0, 0.05) is 36.9 Å². The Labute approximate surface area is 198 Å². The van der Waals surface area contributed by atoms with Crippen molar-refractivity contribution in [1.82, 2.24) is 15.1 Å². The Bertz CT molecular complexity index is 1300. The standard InChI is InChI=1S/C28H24N4O2/c29-28-24(12-7-15-30-28)26-17-23(32-34-26)16-20-13-14-27(31-18-20)33-19-25(21-8-3-1-4-9-21)22-10-5-2-6-11-22/h1-15,17-18,25H,16,19H2,(H2,29,30). The highest BCUT2D eigenvalue weighted by Crippen LogP contribution is 2.27. The van der Waals surface area contributed by atoms with E-state index >= 15 is 0 Å². The molecule has 0 amide bonds. The second-order valence-corrected chi connectivity index (χ2v) is 7.99. The predicted molar refractivity (Wildman–Crippen MR) is 131 cm³/mol. The maximum atomic E-state index is 6.09. The van der Waals surface area contributed by atoms with Crippen molar-refractivity contribution >= 4 is 5.82 Å². The number of ether oxygens (including phenoxy) is 1. The van der Waals surface area contributed by atoms with Crippen LogP contribution in [-0.4, -0.2) is 21.7 Å². The fraction of sp³-hybridized carbons (Fsp3) is 0.107. The summed E-state index contributed by atoms with van der Waals surface area (Å²) in [5, 5.41) is 4.16. The van der Waals surface area contributed by atoms with Gasteiger partial charge in [0.25, 0.3) is 0 Å². The molecule has 168 valence electrons. The van der Waals surface area contributed by atoms with Crippen LogP contribution in [0.4, 0.5) is 5.82 Å². The van der Waals surface area contributed by atoms with Crippen molar-refractivity contribution in [2.45, 2.75) is 12.3 Å². The highest BCUT2D eigenvalue weighted by atomic mass is 16.5. The fourth-order valence-electron chi connectivity index (χ4n) is 3.88. The van der Waals surface area contributed by atoms with Crippen molar-refractivity contribution in [3.63, 3.8) is 0 Å². The summed E-state index contributed by atoms with van der Waals surface area (Å²) in [5.74, 6) is 1.72. The Morgan fingerprint density at radius 2 is 1.56 bits per heavy atom. The number of nitrogens with zero attached hydrogens (tertiary/aromatic N) is 3. The number of aromatic nitrogens is 3. The van der Waals surface area contributed by atoms with Gasteiger partial charge in [0.15, 0.2) is 5.76 Å². The lowest BCUT2D eigenvalue weighted by Gasteiger charge is -2.18. The van der Waals surface area contributed by atoms with Gasteiger partial charge in [-0.15, -0.1) is 0 Å². The number of anilines is 1. The molecule has 0 aliphatic carbocycles. The van der Waals surface area contributed by atoms with Crippen molar-refractivity contribution in [3.05, 3.63) is 126 Å². The van der Waals surface area contributed by atoms with Crippen LogP contribution in [0.2, 0.25) is 0 Å². The third-order valence-corrected chi connectivity index (χ3v) is 5.65. The molecule has 6 nitrogen and oxygen atoms in total. The lowest BCUT2D eigenvalue weighted by atomic mass is 9.92. The first-order chi connectivity index (χ1) is 16.8. The summed E-state index contributed by atoms with van der Waals surface area (Å²) in [5.41, 5.74) is 10.9. The minimum Gasteiger partial charge on any atom is -0.477 e. The fourth-order valence-corrected chi connectivity index (χ4v) is 3.88. The quantitative estimate of drug-likeness (QED) is 0.337. The highest BCUT2D eigenvalue weighted by Gasteiger charge is 2.15. The average molecular weight is 449 g/mol. The van der Waals surface area contributed by atoms with Gasteiger partial charge < -0.3 is 15.0 Å². The molecule has 3 heterocycles. The van der Waals surface area contributed by atoms with Crippen LogP contribution in [0, 0.1) is 0 Å². The van der Waals surface area contributed by atoms with Crippen LogP contribution < -0.4 is 10.5 Å². The largest absolute Gasteiger partial charge is 0.477 e. The normalized spacial score (nSPS) is 11.0. The summed E-state index contributed by atoms with van der Waals surface area (Å²) >= 11 is 0. The van der Waals surface area contributed by atoms with Crippen LogP contribution in [0.5, 0.6) is 5.88 Å². The van der Waals surface area contributed by atoms with E-state index in [1.54, 1.807) is 6.20 Å². The summed E-state index contributed by atoms with van der Waals surface area (Å²) in [7, 11) is 0. The van der Waals surface area contributed by atoms with Crippen LogP contribution in [-0.2, 0) is 6.42 Å². The SMILES string of the molecule is Nc1ncccc1-c1cc(Cc2ccc(OCC(c3ccccc3)c3ccccc3)nc2)no1. The van der Waals surface area contributed by atoms with Gasteiger partial charge in [0.05, 0.1) is 11.3 Å². The van der Waals surface area contributed by atoms with E-state index in [-0.39, 0.29) is 5.92 Å². The van der Waals surface area contributed by atoms with Crippen LogP contribution in [0.3, 0.4) is 0 Å². The maximum Gasteiger partial charge on any atom is 0.213 e. The minimum atomic E-state index is 0.123. The lowest BCUT2D eigenvalue weighted by molar-refractivity contribution is 0.292. The lowest BCUT2D eigenvalue weighted by Crippen LogP contribution is -2.12. The van der Waals surface area contributed by atoms with Crippen LogP contribution in [0.25, 0.3) is 11.3 Å². The van der Waals surface area contributed by atoms with Gasteiger partial charge in [-0.05, 0) is 28.8 Å². The zero-order valence-electron chi connectivity index (χ0n) is 18.5. The monoisotopic (exact) mass is 448 g/mol. The first-order valence-corrected chi connectivity index (χ1v) is 11.1. The summed E-state index contributed by atoms with van der Waals surface area (Å²) < 4.78 is 11.6. The highest BCUT2D eigenvalue weighted by molar-refractivity contribution is 5.69. The summed E-state index contributed by atoms with van der Waals surface area (Å²) in [6.07, 6.45) is 4.04. The topological polar surface area (TPSA) is 87.1 Å². The van der Waals surface area contributed by atoms with E-state index in [1.165, 1.54) is 11.1 Å². The van der Waals surface area contributed by atoms with E-state index in [0.717, 1.165) is 16.8 Å². The van der Waals surface area contributed by atoms with Gasteiger partial charge in [0.2, 0.25) is 5.88 Å². The van der Waals surface area contributed by atoms with Gasteiger partial charge >= 0.3 is 0 Å². The molecule has 0 unspecified atom stereocenters. The Kier molecular flexibility index (Phi) is 6.29. The van der Waals surface area contributed by atoms with E-state index in [0.29, 0.717) is 30.5 Å². The van der Waals surface area contributed by atoms with Gasteiger partial charge in [-0.25, -0.2) is 9.97 Å². The molecule has 0 spiro atoms. The zero-order chi connectivity index (χ0) is 23.2. The van der Waals surface area contributed by atoms with E-state index in [2.05, 4.69) is 63.7 Å². The number of benzene rings is 2. The summed E-state index contributed by atoms with van der Waals surface area (Å²) in [4.78, 5) is 8.60. The summed E-state index contributed by atoms with van der Waals surface area (Å²) in [6.45, 7) is 0.500.